The van der Waals surface area contributed by atoms with Gasteiger partial charge in [0.15, 0.2) is 0 Å². The summed E-state index contributed by atoms with van der Waals surface area (Å²) < 4.78 is 11.7. The van der Waals surface area contributed by atoms with Gasteiger partial charge in [-0.2, -0.15) is 5.10 Å². The Kier molecular flexibility index (Phi) is 7.54. The van der Waals surface area contributed by atoms with Gasteiger partial charge in [-0.3, -0.25) is 4.79 Å². The predicted molar refractivity (Wildman–Crippen MR) is 140 cm³/mol. The summed E-state index contributed by atoms with van der Waals surface area (Å²) in [4.78, 5) is 13.0. The highest BCUT2D eigenvalue weighted by Gasteiger charge is 2.38. The Labute approximate surface area is 208 Å². The summed E-state index contributed by atoms with van der Waals surface area (Å²) in [6.07, 6.45) is 1.77. The lowest BCUT2D eigenvalue weighted by Gasteiger charge is -2.28. The molecule has 4 rings (SSSR count). The second kappa shape index (κ2) is 10.8. The third kappa shape index (κ3) is 6.50. The molecule has 1 amide bonds. The van der Waals surface area contributed by atoms with Crippen LogP contribution in [-0.2, 0) is 11.4 Å². The molecule has 0 saturated heterocycles. The Hall–Kier alpha value is -3.60. The summed E-state index contributed by atoms with van der Waals surface area (Å²) >= 11 is 0. The minimum absolute atomic E-state index is 0.0302. The number of amides is 1. The Morgan fingerprint density at radius 1 is 0.914 bits per heavy atom. The molecule has 0 aromatic heterocycles. The molecule has 0 fully saturated rings. The van der Waals surface area contributed by atoms with Gasteiger partial charge in [0.2, 0.25) is 5.91 Å². The van der Waals surface area contributed by atoms with Crippen LogP contribution in [0.2, 0.25) is 0 Å². The summed E-state index contributed by atoms with van der Waals surface area (Å²) in [5.41, 5.74) is 5.28. The van der Waals surface area contributed by atoms with Crippen molar-refractivity contribution in [3.63, 3.8) is 0 Å². The molecule has 3 aromatic carbocycles. The minimum atomic E-state index is -0.333. The molecule has 0 spiro atoms. The molecular formula is C30H34N2O3. The van der Waals surface area contributed by atoms with Crippen molar-refractivity contribution >= 4 is 11.6 Å². The molecule has 0 aliphatic carbocycles. The summed E-state index contributed by atoms with van der Waals surface area (Å²) in [6.45, 7) is 9.32. The molecular weight excluding hydrogens is 436 g/mol. The fourth-order valence-electron chi connectivity index (χ4n) is 4.36. The van der Waals surface area contributed by atoms with Crippen LogP contribution in [0.1, 0.15) is 55.4 Å². The van der Waals surface area contributed by atoms with Crippen molar-refractivity contribution in [2.75, 3.05) is 6.61 Å². The van der Waals surface area contributed by atoms with Gasteiger partial charge in [0, 0.05) is 12.8 Å². The molecule has 5 nitrogen and oxygen atoms in total. The number of benzene rings is 3. The lowest BCUT2D eigenvalue weighted by molar-refractivity contribution is -0.135. The van der Waals surface area contributed by atoms with Crippen LogP contribution in [0.5, 0.6) is 11.5 Å². The standard InChI is InChI=1S/C30H34N2O3/c1-22-17-23(2)19-25(18-22)28-20-30(3,4)32(31-28)29(33)11-8-16-34-26-12-14-27(15-13-26)35-21-24-9-6-5-7-10-24/h5-7,9-10,12-15,17-19H,8,11,16,20-21H2,1-4H3. The smallest absolute Gasteiger partial charge is 0.243 e. The van der Waals surface area contributed by atoms with Gasteiger partial charge in [-0.1, -0.05) is 59.7 Å². The van der Waals surface area contributed by atoms with Gasteiger partial charge in [0.05, 0.1) is 17.9 Å². The number of hydrogen-bond donors (Lipinski definition) is 0. The van der Waals surface area contributed by atoms with Crippen LogP contribution >= 0.6 is 0 Å². The molecule has 0 N–H and O–H groups in total. The van der Waals surface area contributed by atoms with E-state index in [0.29, 0.717) is 26.1 Å². The molecule has 35 heavy (non-hydrogen) atoms. The monoisotopic (exact) mass is 470 g/mol. The van der Waals surface area contributed by atoms with Gasteiger partial charge in [0.1, 0.15) is 18.1 Å². The highest BCUT2D eigenvalue weighted by atomic mass is 16.5. The van der Waals surface area contributed by atoms with E-state index >= 15 is 0 Å². The van der Waals surface area contributed by atoms with Crippen molar-refractivity contribution in [1.29, 1.82) is 0 Å². The van der Waals surface area contributed by atoms with E-state index in [1.165, 1.54) is 11.1 Å². The maximum Gasteiger partial charge on any atom is 0.243 e. The fraction of sp³-hybridized carbons (Fsp3) is 0.333. The lowest BCUT2D eigenvalue weighted by atomic mass is 9.93. The summed E-state index contributed by atoms with van der Waals surface area (Å²) in [7, 11) is 0. The van der Waals surface area contributed by atoms with Crippen molar-refractivity contribution in [1.82, 2.24) is 5.01 Å². The molecule has 3 aromatic rings. The molecule has 0 saturated carbocycles. The maximum absolute atomic E-state index is 13.0. The van der Waals surface area contributed by atoms with E-state index < -0.39 is 0 Å². The average molecular weight is 471 g/mol. The van der Waals surface area contributed by atoms with Crippen molar-refractivity contribution in [2.24, 2.45) is 5.10 Å². The first-order valence-electron chi connectivity index (χ1n) is 12.2. The molecule has 182 valence electrons. The molecule has 0 bridgehead atoms. The topological polar surface area (TPSA) is 51.1 Å². The van der Waals surface area contributed by atoms with E-state index in [2.05, 4.69) is 45.9 Å². The Balaban J connectivity index is 1.25. The maximum atomic E-state index is 13.0. The minimum Gasteiger partial charge on any atom is -0.494 e. The van der Waals surface area contributed by atoms with E-state index in [1.54, 1.807) is 5.01 Å². The normalized spacial score (nSPS) is 14.5. The first-order chi connectivity index (χ1) is 16.8. The van der Waals surface area contributed by atoms with Crippen LogP contribution in [0, 0.1) is 13.8 Å². The number of ether oxygens (including phenoxy) is 2. The predicted octanol–water partition coefficient (Wildman–Crippen LogP) is 6.46. The molecule has 0 unspecified atom stereocenters. The number of carbonyl (C=O) groups excluding carboxylic acids is 1. The van der Waals surface area contributed by atoms with Gasteiger partial charge in [-0.15, -0.1) is 0 Å². The molecule has 5 heteroatoms. The third-order valence-corrected chi connectivity index (χ3v) is 6.06. The van der Waals surface area contributed by atoms with E-state index in [0.717, 1.165) is 34.8 Å². The van der Waals surface area contributed by atoms with Crippen LogP contribution in [0.3, 0.4) is 0 Å². The van der Waals surface area contributed by atoms with E-state index in [-0.39, 0.29) is 11.4 Å². The van der Waals surface area contributed by atoms with Gasteiger partial charge in [-0.25, -0.2) is 5.01 Å². The van der Waals surface area contributed by atoms with Crippen molar-refractivity contribution in [3.05, 3.63) is 95.1 Å². The first kappa shape index (κ1) is 24.5. The first-order valence-corrected chi connectivity index (χ1v) is 12.2. The lowest BCUT2D eigenvalue weighted by Crippen LogP contribution is -2.40. The molecule has 1 aliphatic rings. The van der Waals surface area contributed by atoms with E-state index in [1.807, 2.05) is 54.6 Å². The van der Waals surface area contributed by atoms with Crippen LogP contribution in [-0.4, -0.2) is 28.8 Å². The molecule has 1 aliphatic heterocycles. The van der Waals surface area contributed by atoms with Gasteiger partial charge < -0.3 is 9.47 Å². The quantitative estimate of drug-likeness (QED) is 0.337. The van der Waals surface area contributed by atoms with Crippen molar-refractivity contribution in [3.8, 4) is 11.5 Å². The Morgan fingerprint density at radius 2 is 1.54 bits per heavy atom. The van der Waals surface area contributed by atoms with Crippen LogP contribution < -0.4 is 9.47 Å². The molecule has 1 heterocycles. The van der Waals surface area contributed by atoms with E-state index in [9.17, 15) is 4.79 Å². The number of hydrogen-bond acceptors (Lipinski definition) is 4. The molecule has 0 atom stereocenters. The fourth-order valence-corrected chi connectivity index (χ4v) is 4.36. The Bertz CT molecular complexity index is 1160. The third-order valence-electron chi connectivity index (χ3n) is 6.06. The van der Waals surface area contributed by atoms with Crippen molar-refractivity contribution in [2.45, 2.75) is 59.1 Å². The second-order valence-corrected chi connectivity index (χ2v) is 9.82. The van der Waals surface area contributed by atoms with Crippen LogP contribution in [0.4, 0.5) is 0 Å². The largest absolute Gasteiger partial charge is 0.494 e. The zero-order valence-electron chi connectivity index (χ0n) is 21.1. The number of carbonyl (C=O) groups is 1. The number of rotatable bonds is 9. The zero-order chi connectivity index (χ0) is 24.8. The summed E-state index contributed by atoms with van der Waals surface area (Å²) in [5.74, 6) is 1.59. The number of nitrogens with zero attached hydrogens (tertiary/aromatic N) is 2. The second-order valence-electron chi connectivity index (χ2n) is 9.82. The molecule has 0 radical (unpaired) electrons. The summed E-state index contributed by atoms with van der Waals surface area (Å²) in [5, 5.41) is 6.39. The van der Waals surface area contributed by atoms with E-state index in [4.69, 9.17) is 14.6 Å². The van der Waals surface area contributed by atoms with Gasteiger partial charge >= 0.3 is 0 Å². The average Bonchev–Trinajstić information content (AvgIpc) is 3.16. The van der Waals surface area contributed by atoms with Gasteiger partial charge in [-0.05, 0) is 69.5 Å². The SMILES string of the molecule is Cc1cc(C)cc(C2=NN(C(=O)CCCOc3ccc(OCc4ccccc4)cc3)C(C)(C)C2)c1. The summed E-state index contributed by atoms with van der Waals surface area (Å²) in [6, 6.07) is 24.1. The van der Waals surface area contributed by atoms with Crippen LogP contribution in [0.15, 0.2) is 77.9 Å². The van der Waals surface area contributed by atoms with Crippen LogP contribution in [0.25, 0.3) is 0 Å². The van der Waals surface area contributed by atoms with Gasteiger partial charge in [0.25, 0.3) is 0 Å². The highest BCUT2D eigenvalue weighted by molar-refractivity contribution is 6.03. The Morgan fingerprint density at radius 3 is 2.20 bits per heavy atom. The number of hydrazone groups is 1. The van der Waals surface area contributed by atoms with Crippen molar-refractivity contribution < 1.29 is 14.3 Å². The zero-order valence-corrected chi connectivity index (χ0v) is 21.1. The number of aryl methyl sites for hydroxylation is 2. The highest BCUT2D eigenvalue weighted by Crippen LogP contribution is 2.31.